The maximum atomic E-state index is 13.0. The molecule has 2 amide bonds. The summed E-state index contributed by atoms with van der Waals surface area (Å²) in [6.07, 6.45) is 3.24. The first-order valence-corrected chi connectivity index (χ1v) is 9.63. The summed E-state index contributed by atoms with van der Waals surface area (Å²) in [6, 6.07) is 14.6. The van der Waals surface area contributed by atoms with Gasteiger partial charge in [-0.3, -0.25) is 9.59 Å². The van der Waals surface area contributed by atoms with E-state index in [0.29, 0.717) is 17.0 Å². The van der Waals surface area contributed by atoms with Gasteiger partial charge in [0.15, 0.2) is 6.61 Å². The van der Waals surface area contributed by atoms with Gasteiger partial charge in [-0.25, -0.2) is 0 Å². The molecule has 1 heterocycles. The number of hydrogen-bond acceptors (Lipinski definition) is 4. The average molecular weight is 381 g/mol. The van der Waals surface area contributed by atoms with E-state index < -0.39 is 0 Å². The molecule has 1 fully saturated rings. The Balaban J connectivity index is 1.71. The Morgan fingerprint density at radius 1 is 1.04 bits per heavy atom. The lowest BCUT2D eigenvalue weighted by atomic mass is 10.1. The highest BCUT2D eigenvalue weighted by atomic mass is 16.5. The molecule has 1 saturated heterocycles. The molecule has 3 rings (SSSR count). The van der Waals surface area contributed by atoms with Gasteiger partial charge < -0.3 is 19.9 Å². The molecule has 0 radical (unpaired) electrons. The van der Waals surface area contributed by atoms with Gasteiger partial charge in [-0.1, -0.05) is 18.2 Å². The van der Waals surface area contributed by atoms with Gasteiger partial charge in [0.2, 0.25) is 0 Å². The number of para-hydroxylation sites is 1. The Morgan fingerprint density at radius 2 is 1.75 bits per heavy atom. The topological polar surface area (TPSA) is 61.9 Å². The number of carbonyl (C=O) groups is 2. The summed E-state index contributed by atoms with van der Waals surface area (Å²) in [5, 5.41) is 2.82. The van der Waals surface area contributed by atoms with E-state index in [0.717, 1.165) is 31.6 Å². The minimum atomic E-state index is -0.266. The molecule has 0 spiro atoms. The van der Waals surface area contributed by atoms with Crippen LogP contribution < -0.4 is 15.0 Å². The van der Waals surface area contributed by atoms with Crippen LogP contribution in [0.25, 0.3) is 0 Å². The van der Waals surface area contributed by atoms with Gasteiger partial charge in [0.05, 0.1) is 5.56 Å². The van der Waals surface area contributed by atoms with Crippen molar-refractivity contribution in [1.29, 1.82) is 0 Å². The standard InChI is InChI=1S/C22H27N3O3/c1-24(2)20-12-11-17(15-19(20)22(27)25-13-7-4-8-14-25)23-21(26)16-28-18-9-5-3-6-10-18/h3,5-6,9-12,15H,4,7-8,13-14,16H2,1-2H3,(H,23,26). The molecule has 0 saturated carbocycles. The molecule has 1 aliphatic rings. The highest BCUT2D eigenvalue weighted by molar-refractivity contribution is 6.02. The number of piperidine rings is 1. The van der Waals surface area contributed by atoms with E-state index >= 15 is 0 Å². The Morgan fingerprint density at radius 3 is 2.43 bits per heavy atom. The van der Waals surface area contributed by atoms with Crippen molar-refractivity contribution < 1.29 is 14.3 Å². The first kappa shape index (κ1) is 19.7. The Kier molecular flexibility index (Phi) is 6.53. The maximum Gasteiger partial charge on any atom is 0.262 e. The first-order chi connectivity index (χ1) is 13.5. The van der Waals surface area contributed by atoms with Crippen LogP contribution in [-0.4, -0.2) is 50.5 Å². The van der Waals surface area contributed by atoms with Crippen LogP contribution in [0.1, 0.15) is 29.6 Å². The molecule has 0 atom stereocenters. The summed E-state index contributed by atoms with van der Waals surface area (Å²) >= 11 is 0. The van der Waals surface area contributed by atoms with Gasteiger partial charge in [0.1, 0.15) is 5.75 Å². The minimum Gasteiger partial charge on any atom is -0.484 e. The number of likely N-dealkylation sites (tertiary alicyclic amines) is 1. The van der Waals surface area contributed by atoms with Crippen molar-refractivity contribution in [2.45, 2.75) is 19.3 Å². The lowest BCUT2D eigenvalue weighted by Gasteiger charge is -2.28. The van der Waals surface area contributed by atoms with E-state index in [2.05, 4.69) is 5.32 Å². The van der Waals surface area contributed by atoms with E-state index in [-0.39, 0.29) is 18.4 Å². The van der Waals surface area contributed by atoms with Crippen molar-refractivity contribution in [1.82, 2.24) is 4.90 Å². The summed E-state index contributed by atoms with van der Waals surface area (Å²) in [5.41, 5.74) is 2.04. The highest BCUT2D eigenvalue weighted by Gasteiger charge is 2.22. The molecule has 28 heavy (non-hydrogen) atoms. The van der Waals surface area contributed by atoms with Crippen LogP contribution >= 0.6 is 0 Å². The predicted molar refractivity (Wildman–Crippen MR) is 111 cm³/mol. The zero-order valence-electron chi connectivity index (χ0n) is 16.5. The number of carbonyl (C=O) groups excluding carboxylic acids is 2. The van der Waals surface area contributed by atoms with Crippen molar-refractivity contribution >= 4 is 23.2 Å². The van der Waals surface area contributed by atoms with Gasteiger partial charge in [0, 0.05) is 38.6 Å². The number of rotatable bonds is 6. The van der Waals surface area contributed by atoms with Gasteiger partial charge in [-0.2, -0.15) is 0 Å². The van der Waals surface area contributed by atoms with E-state index in [9.17, 15) is 9.59 Å². The third-order valence-electron chi connectivity index (χ3n) is 4.75. The second-order valence-electron chi connectivity index (χ2n) is 7.13. The van der Waals surface area contributed by atoms with Crippen LogP contribution in [0.4, 0.5) is 11.4 Å². The van der Waals surface area contributed by atoms with Crippen LogP contribution in [0, 0.1) is 0 Å². The molecular weight excluding hydrogens is 354 g/mol. The van der Waals surface area contributed by atoms with E-state index in [1.165, 1.54) is 6.42 Å². The van der Waals surface area contributed by atoms with Crippen LogP contribution in [0.3, 0.4) is 0 Å². The van der Waals surface area contributed by atoms with E-state index in [1.807, 2.05) is 54.2 Å². The largest absolute Gasteiger partial charge is 0.484 e. The zero-order valence-corrected chi connectivity index (χ0v) is 16.5. The molecule has 0 aliphatic carbocycles. The Labute approximate surface area is 166 Å². The summed E-state index contributed by atoms with van der Waals surface area (Å²) in [7, 11) is 3.82. The number of anilines is 2. The molecule has 148 valence electrons. The SMILES string of the molecule is CN(C)c1ccc(NC(=O)COc2ccccc2)cc1C(=O)N1CCCCC1. The molecule has 6 nitrogen and oxygen atoms in total. The van der Waals surface area contributed by atoms with Crippen LogP contribution in [-0.2, 0) is 4.79 Å². The fraction of sp³-hybridized carbons (Fsp3) is 0.364. The van der Waals surface area contributed by atoms with Crippen molar-refractivity contribution in [3.63, 3.8) is 0 Å². The molecule has 1 aliphatic heterocycles. The van der Waals surface area contributed by atoms with Crippen molar-refractivity contribution in [2.24, 2.45) is 0 Å². The molecule has 0 aromatic heterocycles. The quantitative estimate of drug-likeness (QED) is 0.833. The number of nitrogens with zero attached hydrogens (tertiary/aromatic N) is 2. The van der Waals surface area contributed by atoms with Gasteiger partial charge in [0.25, 0.3) is 11.8 Å². The molecule has 2 aromatic rings. The second-order valence-corrected chi connectivity index (χ2v) is 7.13. The third kappa shape index (κ3) is 5.03. The summed E-state index contributed by atoms with van der Waals surface area (Å²) < 4.78 is 5.48. The lowest BCUT2D eigenvalue weighted by molar-refractivity contribution is -0.118. The Hall–Kier alpha value is -3.02. The molecular formula is C22H27N3O3. The second kappa shape index (κ2) is 9.26. The fourth-order valence-corrected chi connectivity index (χ4v) is 3.31. The van der Waals surface area contributed by atoms with E-state index in [4.69, 9.17) is 4.74 Å². The molecule has 0 unspecified atom stereocenters. The number of nitrogens with one attached hydrogen (secondary N) is 1. The van der Waals surface area contributed by atoms with Crippen LogP contribution in [0.5, 0.6) is 5.75 Å². The minimum absolute atomic E-state index is 0.0139. The third-order valence-corrected chi connectivity index (χ3v) is 4.75. The summed E-state index contributed by atoms with van der Waals surface area (Å²) in [6.45, 7) is 1.48. The average Bonchev–Trinajstić information content (AvgIpc) is 2.73. The molecule has 2 aromatic carbocycles. The summed E-state index contributed by atoms with van der Waals surface area (Å²) in [5.74, 6) is 0.388. The van der Waals surface area contributed by atoms with E-state index in [1.54, 1.807) is 18.2 Å². The number of benzene rings is 2. The maximum absolute atomic E-state index is 13.0. The fourth-order valence-electron chi connectivity index (χ4n) is 3.31. The zero-order chi connectivity index (χ0) is 19.9. The smallest absolute Gasteiger partial charge is 0.262 e. The van der Waals surface area contributed by atoms with Crippen LogP contribution in [0.2, 0.25) is 0 Å². The number of amides is 2. The highest BCUT2D eigenvalue weighted by Crippen LogP contribution is 2.25. The van der Waals surface area contributed by atoms with Crippen molar-refractivity contribution in [3.05, 3.63) is 54.1 Å². The number of ether oxygens (including phenoxy) is 1. The summed E-state index contributed by atoms with van der Waals surface area (Å²) in [4.78, 5) is 29.1. The Bertz CT molecular complexity index is 815. The first-order valence-electron chi connectivity index (χ1n) is 9.63. The van der Waals surface area contributed by atoms with Gasteiger partial charge in [-0.05, 0) is 49.6 Å². The lowest BCUT2D eigenvalue weighted by Crippen LogP contribution is -2.36. The van der Waals surface area contributed by atoms with Gasteiger partial charge >= 0.3 is 0 Å². The molecule has 1 N–H and O–H groups in total. The van der Waals surface area contributed by atoms with Gasteiger partial charge in [-0.15, -0.1) is 0 Å². The number of hydrogen-bond donors (Lipinski definition) is 1. The van der Waals surface area contributed by atoms with Crippen molar-refractivity contribution in [3.8, 4) is 5.75 Å². The monoisotopic (exact) mass is 381 g/mol. The molecule has 6 heteroatoms. The van der Waals surface area contributed by atoms with Crippen LogP contribution in [0.15, 0.2) is 48.5 Å². The predicted octanol–water partition coefficient (Wildman–Crippen LogP) is 3.40. The van der Waals surface area contributed by atoms with Crippen molar-refractivity contribution in [2.75, 3.05) is 44.0 Å². The normalized spacial score (nSPS) is 13.7. The molecule has 0 bridgehead atoms.